The smallest absolute Gasteiger partial charge is 0.148 e. The van der Waals surface area contributed by atoms with Crippen LogP contribution in [0.25, 0.3) is 11.0 Å². The SMILES string of the molecule is COc1ccc(COCCNc2nc3ccccc3nc2C)cc1. The standard InChI is InChI=1S/C19H21N3O2/c1-14-19(22-18-6-4-3-5-17(18)21-14)20-11-12-24-13-15-7-9-16(23-2)10-8-15/h3-10H,11-13H2,1-2H3,(H,20,22). The molecule has 3 rings (SSSR count). The third kappa shape index (κ3) is 4.00. The van der Waals surface area contributed by atoms with Gasteiger partial charge in [0.05, 0.1) is 37.1 Å². The van der Waals surface area contributed by atoms with Crippen LogP contribution >= 0.6 is 0 Å². The molecule has 3 aromatic rings. The molecular weight excluding hydrogens is 302 g/mol. The molecule has 1 N–H and O–H groups in total. The van der Waals surface area contributed by atoms with Gasteiger partial charge in [-0.05, 0) is 36.8 Å². The van der Waals surface area contributed by atoms with Gasteiger partial charge < -0.3 is 14.8 Å². The number of aryl methyl sites for hydroxylation is 1. The Morgan fingerprint density at radius 3 is 2.38 bits per heavy atom. The van der Waals surface area contributed by atoms with Gasteiger partial charge in [0.1, 0.15) is 11.6 Å². The van der Waals surface area contributed by atoms with Crippen LogP contribution in [0.2, 0.25) is 0 Å². The monoisotopic (exact) mass is 323 g/mol. The highest BCUT2D eigenvalue weighted by atomic mass is 16.5. The number of para-hydroxylation sites is 2. The van der Waals surface area contributed by atoms with Crippen LogP contribution in [0.4, 0.5) is 5.82 Å². The summed E-state index contributed by atoms with van der Waals surface area (Å²) >= 11 is 0. The summed E-state index contributed by atoms with van der Waals surface area (Å²) in [7, 11) is 1.66. The average Bonchev–Trinajstić information content (AvgIpc) is 2.62. The lowest BCUT2D eigenvalue weighted by Gasteiger charge is -2.10. The number of nitrogens with one attached hydrogen (secondary N) is 1. The van der Waals surface area contributed by atoms with Crippen LogP contribution in [0, 0.1) is 6.92 Å². The lowest BCUT2D eigenvalue weighted by Crippen LogP contribution is -2.12. The van der Waals surface area contributed by atoms with Crippen LogP contribution < -0.4 is 10.1 Å². The fourth-order valence-corrected chi connectivity index (χ4v) is 2.41. The first-order chi connectivity index (χ1) is 11.8. The quantitative estimate of drug-likeness (QED) is 0.674. The molecule has 5 heteroatoms. The van der Waals surface area contributed by atoms with Crippen LogP contribution in [0.15, 0.2) is 48.5 Å². The molecule has 0 aliphatic heterocycles. The van der Waals surface area contributed by atoms with Crippen molar-refractivity contribution in [2.45, 2.75) is 13.5 Å². The molecule has 0 radical (unpaired) electrons. The highest BCUT2D eigenvalue weighted by Gasteiger charge is 2.04. The Hall–Kier alpha value is -2.66. The van der Waals surface area contributed by atoms with Gasteiger partial charge in [-0.25, -0.2) is 9.97 Å². The van der Waals surface area contributed by atoms with Gasteiger partial charge in [0.25, 0.3) is 0 Å². The summed E-state index contributed by atoms with van der Waals surface area (Å²) in [5, 5.41) is 3.29. The first-order valence-electron chi connectivity index (χ1n) is 7.94. The van der Waals surface area contributed by atoms with E-state index in [2.05, 4.69) is 15.3 Å². The Labute approximate surface area is 141 Å². The second kappa shape index (κ2) is 7.75. The molecule has 0 aliphatic rings. The molecule has 24 heavy (non-hydrogen) atoms. The third-order valence-electron chi connectivity index (χ3n) is 3.71. The first kappa shape index (κ1) is 16.2. The van der Waals surface area contributed by atoms with Crippen molar-refractivity contribution in [2.75, 3.05) is 25.6 Å². The lowest BCUT2D eigenvalue weighted by molar-refractivity contribution is 0.130. The lowest BCUT2D eigenvalue weighted by atomic mass is 10.2. The fraction of sp³-hybridized carbons (Fsp3) is 0.263. The van der Waals surface area contributed by atoms with Crippen molar-refractivity contribution in [1.82, 2.24) is 9.97 Å². The number of nitrogens with zero attached hydrogens (tertiary/aromatic N) is 2. The van der Waals surface area contributed by atoms with Crippen molar-refractivity contribution in [3.63, 3.8) is 0 Å². The van der Waals surface area contributed by atoms with Crippen LogP contribution in [-0.2, 0) is 11.3 Å². The van der Waals surface area contributed by atoms with Crippen molar-refractivity contribution >= 4 is 16.9 Å². The Kier molecular flexibility index (Phi) is 5.23. The molecule has 0 fully saturated rings. The zero-order valence-electron chi connectivity index (χ0n) is 14.0. The normalized spacial score (nSPS) is 10.8. The van der Waals surface area contributed by atoms with Crippen LogP contribution in [0.5, 0.6) is 5.75 Å². The largest absolute Gasteiger partial charge is 0.497 e. The molecule has 2 aromatic carbocycles. The van der Waals surface area contributed by atoms with Gasteiger partial charge in [0.15, 0.2) is 0 Å². The molecule has 1 aromatic heterocycles. The Bertz CT molecular complexity index is 803. The molecule has 1 heterocycles. The van der Waals surface area contributed by atoms with Crippen molar-refractivity contribution in [3.8, 4) is 5.75 Å². The van der Waals surface area contributed by atoms with Crippen molar-refractivity contribution in [2.24, 2.45) is 0 Å². The summed E-state index contributed by atoms with van der Waals surface area (Å²) in [5.74, 6) is 1.66. The summed E-state index contributed by atoms with van der Waals surface area (Å²) in [6.45, 7) is 3.82. The van der Waals surface area contributed by atoms with Gasteiger partial charge in [-0.15, -0.1) is 0 Å². The number of hydrogen-bond acceptors (Lipinski definition) is 5. The van der Waals surface area contributed by atoms with E-state index < -0.39 is 0 Å². The number of ether oxygens (including phenoxy) is 2. The van der Waals surface area contributed by atoms with E-state index in [1.807, 2.05) is 55.5 Å². The Balaban J connectivity index is 1.48. The average molecular weight is 323 g/mol. The van der Waals surface area contributed by atoms with E-state index in [1.54, 1.807) is 7.11 Å². The Morgan fingerprint density at radius 2 is 1.67 bits per heavy atom. The summed E-state index contributed by atoms with van der Waals surface area (Å²) in [6.07, 6.45) is 0. The number of anilines is 1. The second-order valence-corrected chi connectivity index (χ2v) is 5.47. The van der Waals surface area contributed by atoms with Gasteiger partial charge in [0, 0.05) is 6.54 Å². The molecule has 0 amide bonds. The van der Waals surface area contributed by atoms with Crippen LogP contribution in [-0.4, -0.2) is 30.2 Å². The predicted octanol–water partition coefficient (Wildman–Crippen LogP) is 3.58. The molecule has 0 saturated carbocycles. The second-order valence-electron chi connectivity index (χ2n) is 5.47. The minimum atomic E-state index is 0.577. The zero-order chi connectivity index (χ0) is 16.8. The van der Waals surface area contributed by atoms with Gasteiger partial charge in [0.2, 0.25) is 0 Å². The highest BCUT2D eigenvalue weighted by Crippen LogP contribution is 2.15. The number of benzene rings is 2. The maximum atomic E-state index is 5.69. The molecule has 124 valence electrons. The molecule has 0 saturated heterocycles. The van der Waals surface area contributed by atoms with Crippen molar-refractivity contribution in [1.29, 1.82) is 0 Å². The van der Waals surface area contributed by atoms with Gasteiger partial charge in [-0.3, -0.25) is 0 Å². The fourth-order valence-electron chi connectivity index (χ4n) is 2.41. The van der Waals surface area contributed by atoms with E-state index in [-0.39, 0.29) is 0 Å². The van der Waals surface area contributed by atoms with E-state index in [4.69, 9.17) is 9.47 Å². The van der Waals surface area contributed by atoms with E-state index in [9.17, 15) is 0 Å². The molecule has 0 spiro atoms. The molecule has 0 aliphatic carbocycles. The summed E-state index contributed by atoms with van der Waals surface area (Å²) in [4.78, 5) is 9.17. The predicted molar refractivity (Wildman–Crippen MR) is 95.4 cm³/mol. The maximum Gasteiger partial charge on any atom is 0.148 e. The Morgan fingerprint density at radius 1 is 0.958 bits per heavy atom. The zero-order valence-corrected chi connectivity index (χ0v) is 14.0. The number of rotatable bonds is 7. The van der Waals surface area contributed by atoms with Crippen LogP contribution in [0.3, 0.4) is 0 Å². The number of hydrogen-bond donors (Lipinski definition) is 1. The first-order valence-corrected chi connectivity index (χ1v) is 7.94. The topological polar surface area (TPSA) is 56.3 Å². The van der Waals surface area contributed by atoms with Gasteiger partial charge in [-0.1, -0.05) is 24.3 Å². The molecule has 0 atom stereocenters. The summed E-state index contributed by atoms with van der Waals surface area (Å²) in [6, 6.07) is 15.8. The number of fused-ring (bicyclic) bond motifs is 1. The van der Waals surface area contributed by atoms with Crippen LogP contribution in [0.1, 0.15) is 11.3 Å². The van der Waals surface area contributed by atoms with E-state index in [0.29, 0.717) is 19.8 Å². The molecule has 0 bridgehead atoms. The van der Waals surface area contributed by atoms with E-state index >= 15 is 0 Å². The third-order valence-corrected chi connectivity index (χ3v) is 3.71. The molecular formula is C19H21N3O2. The van der Waals surface area contributed by atoms with E-state index in [0.717, 1.165) is 33.9 Å². The molecule has 0 unspecified atom stereocenters. The van der Waals surface area contributed by atoms with Gasteiger partial charge in [-0.2, -0.15) is 0 Å². The molecule has 5 nitrogen and oxygen atoms in total. The number of aromatic nitrogens is 2. The maximum absolute atomic E-state index is 5.69. The van der Waals surface area contributed by atoms with Crippen molar-refractivity contribution < 1.29 is 9.47 Å². The minimum Gasteiger partial charge on any atom is -0.497 e. The minimum absolute atomic E-state index is 0.577. The van der Waals surface area contributed by atoms with Crippen molar-refractivity contribution in [3.05, 3.63) is 59.8 Å². The van der Waals surface area contributed by atoms with E-state index in [1.165, 1.54) is 0 Å². The number of methoxy groups -OCH3 is 1. The summed E-state index contributed by atoms with van der Waals surface area (Å²) < 4.78 is 10.8. The van der Waals surface area contributed by atoms with Gasteiger partial charge >= 0.3 is 0 Å². The summed E-state index contributed by atoms with van der Waals surface area (Å²) in [5.41, 5.74) is 3.82. The highest BCUT2D eigenvalue weighted by molar-refractivity contribution is 5.76.